The van der Waals surface area contributed by atoms with Crippen molar-refractivity contribution in [3.05, 3.63) is 43.2 Å². The van der Waals surface area contributed by atoms with E-state index in [0.29, 0.717) is 11.4 Å². The molecule has 20 heavy (non-hydrogen) atoms. The number of nitrogens with one attached hydrogen (secondary N) is 1. The molecule has 0 saturated carbocycles. The lowest BCUT2D eigenvalue weighted by molar-refractivity contribution is 0.0958. The highest BCUT2D eigenvalue weighted by Gasteiger charge is 2.08. The molecule has 3 nitrogen and oxygen atoms in total. The van der Waals surface area contributed by atoms with E-state index in [2.05, 4.69) is 17.2 Å². The van der Waals surface area contributed by atoms with Crippen molar-refractivity contribution in [3.8, 4) is 11.8 Å². The SMILES string of the molecule is O=C(NCCc1ccc(Cl)s1)c1ccc(C#CCO)s1. The number of carbonyl (C=O) groups excluding carboxylic acids is 1. The van der Waals surface area contributed by atoms with Crippen LogP contribution < -0.4 is 5.32 Å². The molecule has 6 heteroatoms. The summed E-state index contributed by atoms with van der Waals surface area (Å²) in [5.41, 5.74) is 0. The molecule has 0 atom stereocenters. The van der Waals surface area contributed by atoms with E-state index in [-0.39, 0.29) is 12.5 Å². The number of carbonyl (C=O) groups is 1. The van der Waals surface area contributed by atoms with Gasteiger partial charge in [-0.1, -0.05) is 23.4 Å². The first-order valence-electron chi connectivity index (χ1n) is 5.91. The molecule has 0 bridgehead atoms. The van der Waals surface area contributed by atoms with Gasteiger partial charge in [-0.05, 0) is 30.7 Å². The van der Waals surface area contributed by atoms with Gasteiger partial charge in [0.1, 0.15) is 6.61 Å². The van der Waals surface area contributed by atoms with Gasteiger partial charge in [0.05, 0.1) is 14.1 Å². The number of hydrogen-bond donors (Lipinski definition) is 2. The summed E-state index contributed by atoms with van der Waals surface area (Å²) in [5.74, 6) is 5.23. The summed E-state index contributed by atoms with van der Waals surface area (Å²) in [6, 6.07) is 7.34. The highest BCUT2D eigenvalue weighted by Crippen LogP contribution is 2.21. The lowest BCUT2D eigenvalue weighted by Gasteiger charge is -2.01. The Kier molecular flexibility index (Phi) is 5.62. The average molecular weight is 326 g/mol. The first-order chi connectivity index (χ1) is 9.69. The molecule has 0 aliphatic heterocycles. The summed E-state index contributed by atoms with van der Waals surface area (Å²) in [7, 11) is 0. The lowest BCUT2D eigenvalue weighted by Crippen LogP contribution is -2.24. The maximum absolute atomic E-state index is 11.9. The Labute approximate surface area is 130 Å². The summed E-state index contributed by atoms with van der Waals surface area (Å²) >= 11 is 8.68. The zero-order chi connectivity index (χ0) is 14.4. The third-order valence-electron chi connectivity index (χ3n) is 2.41. The van der Waals surface area contributed by atoms with Crippen LogP contribution in [0.2, 0.25) is 4.34 Å². The van der Waals surface area contributed by atoms with Crippen LogP contribution in [0.1, 0.15) is 19.4 Å². The Morgan fingerprint density at radius 3 is 2.85 bits per heavy atom. The molecule has 1 amide bonds. The molecule has 104 valence electrons. The van der Waals surface area contributed by atoms with Gasteiger partial charge in [0.25, 0.3) is 5.91 Å². The van der Waals surface area contributed by atoms with Crippen LogP contribution in [0.5, 0.6) is 0 Å². The Hall–Kier alpha value is -1.32. The molecule has 2 heterocycles. The number of halogens is 1. The fraction of sp³-hybridized carbons (Fsp3) is 0.214. The molecule has 2 rings (SSSR count). The zero-order valence-electron chi connectivity index (χ0n) is 10.5. The molecule has 0 fully saturated rings. The van der Waals surface area contributed by atoms with Gasteiger partial charge >= 0.3 is 0 Å². The standard InChI is InChI=1S/C14H12ClNO2S2/c15-13-6-4-11(20-13)7-8-16-14(18)12-5-3-10(19-12)2-1-9-17/h3-6,17H,7-9H2,(H,16,18). The monoisotopic (exact) mass is 325 g/mol. The van der Waals surface area contributed by atoms with Crippen molar-refractivity contribution in [3.63, 3.8) is 0 Å². The van der Waals surface area contributed by atoms with Crippen molar-refractivity contribution >= 4 is 40.2 Å². The lowest BCUT2D eigenvalue weighted by atomic mass is 10.3. The quantitative estimate of drug-likeness (QED) is 0.849. The van der Waals surface area contributed by atoms with Crippen molar-refractivity contribution in [2.45, 2.75) is 6.42 Å². The van der Waals surface area contributed by atoms with Crippen LogP contribution >= 0.6 is 34.3 Å². The Morgan fingerprint density at radius 1 is 1.30 bits per heavy atom. The van der Waals surface area contributed by atoms with Crippen molar-refractivity contribution in [2.75, 3.05) is 13.2 Å². The van der Waals surface area contributed by atoms with Crippen molar-refractivity contribution < 1.29 is 9.90 Å². The molecular weight excluding hydrogens is 314 g/mol. The average Bonchev–Trinajstić information content (AvgIpc) is 3.05. The van der Waals surface area contributed by atoms with E-state index in [1.165, 1.54) is 22.7 Å². The van der Waals surface area contributed by atoms with Crippen LogP contribution in [0.4, 0.5) is 0 Å². The van der Waals surface area contributed by atoms with Crippen LogP contribution in [0.3, 0.4) is 0 Å². The number of aliphatic hydroxyl groups excluding tert-OH is 1. The largest absolute Gasteiger partial charge is 0.384 e. The van der Waals surface area contributed by atoms with Gasteiger partial charge in [-0.15, -0.1) is 22.7 Å². The summed E-state index contributed by atoms with van der Waals surface area (Å²) in [6.07, 6.45) is 0.770. The van der Waals surface area contributed by atoms with Crippen LogP contribution in [-0.4, -0.2) is 24.2 Å². The first kappa shape index (κ1) is 15.1. The van der Waals surface area contributed by atoms with E-state index in [4.69, 9.17) is 16.7 Å². The molecule has 2 aromatic rings. The Bertz CT molecular complexity index is 651. The molecule has 0 saturated heterocycles. The minimum absolute atomic E-state index is 0.102. The van der Waals surface area contributed by atoms with Gasteiger partial charge in [0, 0.05) is 11.4 Å². The molecule has 0 unspecified atom stereocenters. The molecule has 0 spiro atoms. The van der Waals surface area contributed by atoms with Gasteiger partial charge in [-0.25, -0.2) is 0 Å². The highest BCUT2D eigenvalue weighted by atomic mass is 35.5. The van der Waals surface area contributed by atoms with Gasteiger partial charge in [-0.2, -0.15) is 0 Å². The molecular formula is C14H12ClNO2S2. The third-order valence-corrected chi connectivity index (χ3v) is 4.70. The second kappa shape index (κ2) is 7.46. The number of aliphatic hydroxyl groups is 1. The van der Waals surface area contributed by atoms with Crippen molar-refractivity contribution in [2.24, 2.45) is 0 Å². The first-order valence-corrected chi connectivity index (χ1v) is 7.92. The third kappa shape index (κ3) is 4.36. The maximum Gasteiger partial charge on any atom is 0.261 e. The van der Waals surface area contributed by atoms with Crippen LogP contribution in [0.25, 0.3) is 0 Å². The molecule has 0 aliphatic carbocycles. The minimum atomic E-state index is -0.178. The van der Waals surface area contributed by atoms with Gasteiger partial charge in [0.2, 0.25) is 0 Å². The van der Waals surface area contributed by atoms with E-state index < -0.39 is 0 Å². The predicted molar refractivity (Wildman–Crippen MR) is 83.6 cm³/mol. The van der Waals surface area contributed by atoms with Crippen LogP contribution in [-0.2, 0) is 6.42 Å². The normalized spacial score (nSPS) is 9.90. The fourth-order valence-electron chi connectivity index (χ4n) is 1.53. The maximum atomic E-state index is 11.9. The Balaban J connectivity index is 1.84. The topological polar surface area (TPSA) is 49.3 Å². The number of amides is 1. The Morgan fingerprint density at radius 2 is 2.15 bits per heavy atom. The van der Waals surface area contributed by atoms with E-state index in [9.17, 15) is 4.79 Å². The second-order valence-electron chi connectivity index (χ2n) is 3.84. The van der Waals surface area contributed by atoms with E-state index in [0.717, 1.165) is 20.5 Å². The fourth-order valence-corrected chi connectivity index (χ4v) is 3.41. The van der Waals surface area contributed by atoms with Gasteiger partial charge < -0.3 is 10.4 Å². The zero-order valence-corrected chi connectivity index (χ0v) is 12.9. The van der Waals surface area contributed by atoms with Gasteiger partial charge in [-0.3, -0.25) is 4.79 Å². The van der Waals surface area contributed by atoms with Gasteiger partial charge in [0.15, 0.2) is 0 Å². The predicted octanol–water partition coefficient (Wildman–Crippen LogP) is 2.78. The van der Waals surface area contributed by atoms with Crippen LogP contribution in [0, 0.1) is 11.8 Å². The number of thiophene rings is 2. The summed E-state index contributed by atoms with van der Waals surface area (Å²) in [5, 5.41) is 11.5. The summed E-state index contributed by atoms with van der Waals surface area (Å²) < 4.78 is 0.761. The van der Waals surface area contributed by atoms with E-state index in [1.54, 1.807) is 12.1 Å². The molecule has 0 aromatic carbocycles. The minimum Gasteiger partial charge on any atom is -0.384 e. The van der Waals surface area contributed by atoms with Crippen LogP contribution in [0.15, 0.2) is 24.3 Å². The molecule has 2 N–H and O–H groups in total. The summed E-state index contributed by atoms with van der Waals surface area (Å²) in [6.45, 7) is 0.397. The highest BCUT2D eigenvalue weighted by molar-refractivity contribution is 7.16. The second-order valence-corrected chi connectivity index (χ2v) is 6.72. The van der Waals surface area contributed by atoms with Crippen molar-refractivity contribution in [1.82, 2.24) is 5.32 Å². The molecule has 0 radical (unpaired) electrons. The van der Waals surface area contributed by atoms with E-state index in [1.807, 2.05) is 12.1 Å². The van der Waals surface area contributed by atoms with Crippen molar-refractivity contribution in [1.29, 1.82) is 0 Å². The smallest absolute Gasteiger partial charge is 0.261 e. The molecule has 0 aliphatic rings. The number of hydrogen-bond acceptors (Lipinski definition) is 4. The summed E-state index contributed by atoms with van der Waals surface area (Å²) in [4.78, 5) is 14.4. The van der Waals surface area contributed by atoms with E-state index >= 15 is 0 Å². The number of rotatable bonds is 4. The molecule has 2 aromatic heterocycles.